The maximum absolute atomic E-state index is 13.8. The number of hydrogen-bond acceptors (Lipinski definition) is 7. The predicted molar refractivity (Wildman–Crippen MR) is 187 cm³/mol. The van der Waals surface area contributed by atoms with Crippen molar-refractivity contribution in [1.82, 2.24) is 26.6 Å². The number of nitrogens with one attached hydrogen (secondary N) is 5. The van der Waals surface area contributed by atoms with Crippen molar-refractivity contribution in [2.45, 2.75) is 151 Å². The molecule has 0 fully saturated rings. The lowest BCUT2D eigenvalue weighted by Crippen LogP contribution is -2.62. The summed E-state index contributed by atoms with van der Waals surface area (Å²) in [5.41, 5.74) is 6.12. The van der Waals surface area contributed by atoms with Crippen molar-refractivity contribution in [1.29, 1.82) is 0 Å². The van der Waals surface area contributed by atoms with E-state index in [4.69, 9.17) is 5.73 Å². The van der Waals surface area contributed by atoms with E-state index in [2.05, 4.69) is 26.6 Å². The topological polar surface area (TPSA) is 209 Å². The Balaban J connectivity index is 6.18. The number of carboxylic acid groups (broad SMARTS) is 1. The zero-order valence-electron chi connectivity index (χ0n) is 31.4. The average molecular weight is 683 g/mol. The number of carbonyl (C=O) groups excluding carboxylic acids is 5. The Labute approximate surface area is 288 Å². The van der Waals surface area contributed by atoms with Gasteiger partial charge in [-0.1, -0.05) is 115 Å². The van der Waals surface area contributed by atoms with E-state index in [1.54, 1.807) is 34.6 Å². The summed E-state index contributed by atoms with van der Waals surface area (Å²) in [5.74, 6) is -5.66. The quantitative estimate of drug-likeness (QED) is 0.0901. The Morgan fingerprint density at radius 3 is 0.979 bits per heavy atom. The van der Waals surface area contributed by atoms with Gasteiger partial charge in [0, 0.05) is 0 Å². The molecule has 0 aliphatic heterocycles. The maximum Gasteiger partial charge on any atom is 0.326 e. The Hall–Kier alpha value is -3.22. The highest BCUT2D eigenvalue weighted by Gasteiger charge is 2.37. The van der Waals surface area contributed by atoms with Crippen molar-refractivity contribution >= 4 is 35.5 Å². The first-order valence-corrected chi connectivity index (χ1v) is 17.8. The van der Waals surface area contributed by atoms with Gasteiger partial charge in [-0.15, -0.1) is 0 Å². The molecule has 278 valence electrons. The number of carbonyl (C=O) groups is 6. The van der Waals surface area contributed by atoms with Gasteiger partial charge in [0.15, 0.2) is 0 Å². The highest BCUT2D eigenvalue weighted by atomic mass is 16.4. The lowest BCUT2D eigenvalue weighted by atomic mass is 9.93. The minimum atomic E-state index is -1.16. The molecule has 0 unspecified atom stereocenters. The van der Waals surface area contributed by atoms with E-state index in [1.165, 1.54) is 0 Å². The van der Waals surface area contributed by atoms with Crippen LogP contribution in [0.2, 0.25) is 0 Å². The lowest BCUT2D eigenvalue weighted by Gasteiger charge is -2.32. The van der Waals surface area contributed by atoms with Crippen LogP contribution < -0.4 is 32.3 Å². The minimum Gasteiger partial charge on any atom is -0.480 e. The molecule has 5 amide bonds. The van der Waals surface area contributed by atoms with Gasteiger partial charge in [0.05, 0.1) is 6.04 Å². The number of aliphatic carboxylic acids is 1. The molecular weight excluding hydrogens is 616 g/mol. The van der Waals surface area contributed by atoms with Crippen molar-refractivity contribution in [3.8, 4) is 0 Å². The number of hydrogen-bond donors (Lipinski definition) is 7. The van der Waals surface area contributed by atoms with Gasteiger partial charge in [-0.2, -0.15) is 0 Å². The molecule has 0 aromatic heterocycles. The van der Waals surface area contributed by atoms with E-state index in [0.29, 0.717) is 32.1 Å². The van der Waals surface area contributed by atoms with Crippen molar-refractivity contribution in [3.05, 3.63) is 0 Å². The fraction of sp³-hybridized carbons (Fsp3) is 0.829. The van der Waals surface area contributed by atoms with Crippen LogP contribution in [0.15, 0.2) is 0 Å². The highest BCUT2D eigenvalue weighted by Crippen LogP contribution is 2.16. The first-order chi connectivity index (χ1) is 22.3. The molecule has 48 heavy (non-hydrogen) atoms. The van der Waals surface area contributed by atoms with Crippen molar-refractivity contribution < 1.29 is 33.9 Å². The summed E-state index contributed by atoms with van der Waals surface area (Å²) in [5, 5.41) is 23.5. The van der Waals surface area contributed by atoms with Gasteiger partial charge in [-0.25, -0.2) is 4.79 Å². The van der Waals surface area contributed by atoms with Gasteiger partial charge in [0.25, 0.3) is 0 Å². The molecule has 0 bridgehead atoms. The second-order valence-electron chi connectivity index (χ2n) is 14.0. The normalized spacial score (nSPS) is 18.4. The van der Waals surface area contributed by atoms with E-state index >= 15 is 0 Å². The molecule has 0 heterocycles. The third kappa shape index (κ3) is 13.4. The maximum atomic E-state index is 13.8. The molecule has 13 nitrogen and oxygen atoms in total. The highest BCUT2D eigenvalue weighted by molar-refractivity contribution is 5.96. The van der Waals surface area contributed by atoms with Gasteiger partial charge in [0.1, 0.15) is 30.2 Å². The summed E-state index contributed by atoms with van der Waals surface area (Å²) in [6, 6.07) is -5.98. The molecule has 0 saturated carbocycles. The molecule has 0 aliphatic rings. The molecule has 0 aromatic rings. The predicted octanol–water partition coefficient (Wildman–Crippen LogP) is 2.71. The van der Waals surface area contributed by atoms with Crippen LogP contribution in [0.5, 0.6) is 0 Å². The third-order valence-corrected chi connectivity index (χ3v) is 9.96. The lowest BCUT2D eigenvalue weighted by molar-refractivity contribution is -0.144. The SMILES string of the molecule is CC[C@H](C)[C@H](N)C(=O)N[C@H](C(=O)N[C@H](C(=O)N[C@H](C(=O)N[C@H](C(=O)N[C@H](C(=O)O)[C@@H](C)CC)[C@@H](C)CC)[C@@H](C)CC)C(C)C)[C@@H](C)CC. The molecule has 0 spiro atoms. The van der Waals surface area contributed by atoms with Crippen LogP contribution in [0.3, 0.4) is 0 Å². The second kappa shape index (κ2) is 21.7. The van der Waals surface area contributed by atoms with Gasteiger partial charge < -0.3 is 37.4 Å². The molecule has 0 rings (SSSR count). The molecular formula is C35H66N6O7. The first kappa shape index (κ1) is 44.8. The van der Waals surface area contributed by atoms with E-state index in [0.717, 1.165) is 0 Å². The van der Waals surface area contributed by atoms with E-state index in [-0.39, 0.29) is 35.5 Å². The molecule has 0 aromatic carbocycles. The van der Waals surface area contributed by atoms with E-state index in [9.17, 15) is 33.9 Å². The molecule has 13 heteroatoms. The number of rotatable bonds is 22. The number of amides is 5. The van der Waals surface area contributed by atoms with Gasteiger partial charge in [0.2, 0.25) is 29.5 Å². The monoisotopic (exact) mass is 682 g/mol. The second-order valence-corrected chi connectivity index (χ2v) is 14.0. The van der Waals surface area contributed by atoms with Crippen LogP contribution in [0, 0.1) is 35.5 Å². The summed E-state index contributed by atoms with van der Waals surface area (Å²) in [6.07, 6.45) is 2.85. The summed E-state index contributed by atoms with van der Waals surface area (Å²) < 4.78 is 0. The smallest absolute Gasteiger partial charge is 0.326 e. The van der Waals surface area contributed by atoms with Crippen molar-refractivity contribution in [3.63, 3.8) is 0 Å². The Kier molecular flexibility index (Phi) is 20.2. The Morgan fingerprint density at radius 1 is 0.438 bits per heavy atom. The van der Waals surface area contributed by atoms with Crippen LogP contribution in [-0.2, 0) is 28.8 Å². The zero-order valence-corrected chi connectivity index (χ0v) is 31.4. The van der Waals surface area contributed by atoms with E-state index in [1.807, 2.05) is 48.5 Å². The van der Waals surface area contributed by atoms with Gasteiger partial charge in [-0.3, -0.25) is 24.0 Å². The fourth-order valence-electron chi connectivity index (χ4n) is 5.06. The zero-order chi connectivity index (χ0) is 37.5. The van der Waals surface area contributed by atoms with Crippen LogP contribution in [-0.4, -0.2) is 76.9 Å². The summed E-state index contributed by atoms with van der Waals surface area (Å²) >= 11 is 0. The largest absolute Gasteiger partial charge is 0.480 e. The first-order valence-electron chi connectivity index (χ1n) is 17.8. The standard InChI is InChI=1S/C35H66N6O7/c1-13-19(8)24(36)30(42)38-26(20(9)14-2)32(44)37-25(18(6)7)31(43)39-27(21(10)15-3)33(45)40-28(22(11)16-4)34(46)41-29(35(47)48)23(12)17-5/h18-29H,13-17,36H2,1-12H3,(H,37,44)(H,38,42)(H,39,43)(H,40,45)(H,41,46)(H,47,48)/t19-,20-,21-,22-,23-,24-,25-,26-,27-,28-,29-/m0/s1. The van der Waals surface area contributed by atoms with E-state index < -0.39 is 71.8 Å². The fourth-order valence-corrected chi connectivity index (χ4v) is 5.06. The third-order valence-electron chi connectivity index (χ3n) is 9.96. The van der Waals surface area contributed by atoms with Gasteiger partial charge in [-0.05, 0) is 35.5 Å². The average Bonchev–Trinajstić information content (AvgIpc) is 3.06. The summed E-state index contributed by atoms with van der Waals surface area (Å²) in [6.45, 7) is 21.9. The Bertz CT molecular complexity index is 1070. The summed E-state index contributed by atoms with van der Waals surface area (Å²) in [4.78, 5) is 79.3. The van der Waals surface area contributed by atoms with Crippen LogP contribution in [0.25, 0.3) is 0 Å². The van der Waals surface area contributed by atoms with Crippen molar-refractivity contribution in [2.75, 3.05) is 0 Å². The molecule has 0 radical (unpaired) electrons. The van der Waals surface area contributed by atoms with Crippen molar-refractivity contribution in [2.24, 2.45) is 41.2 Å². The van der Waals surface area contributed by atoms with Crippen LogP contribution in [0.4, 0.5) is 0 Å². The van der Waals surface area contributed by atoms with Crippen LogP contribution >= 0.6 is 0 Å². The van der Waals surface area contributed by atoms with Crippen LogP contribution in [0.1, 0.15) is 115 Å². The summed E-state index contributed by atoms with van der Waals surface area (Å²) in [7, 11) is 0. The molecule has 0 aliphatic carbocycles. The molecule has 0 saturated heterocycles. The number of nitrogens with two attached hydrogens (primary N) is 1. The minimum absolute atomic E-state index is 0.0899. The molecule has 11 atom stereocenters. The van der Waals surface area contributed by atoms with Gasteiger partial charge >= 0.3 is 5.97 Å². The molecule has 8 N–H and O–H groups in total. The number of carboxylic acids is 1. The Morgan fingerprint density at radius 2 is 0.688 bits per heavy atom.